The van der Waals surface area contributed by atoms with E-state index >= 15 is 0 Å². The summed E-state index contributed by atoms with van der Waals surface area (Å²) in [5.41, 5.74) is 0.981. The number of carbonyl (C=O) groups is 3. The predicted octanol–water partition coefficient (Wildman–Crippen LogP) is 1.29. The number of rotatable bonds is 8. The van der Waals surface area contributed by atoms with Crippen molar-refractivity contribution in [2.75, 3.05) is 24.2 Å². The van der Waals surface area contributed by atoms with Gasteiger partial charge in [0.15, 0.2) is 11.5 Å². The second-order valence-corrected chi connectivity index (χ2v) is 7.03. The molecule has 2 amide bonds. The van der Waals surface area contributed by atoms with Gasteiger partial charge < -0.3 is 20.5 Å². The topological polar surface area (TPSA) is 147 Å². The lowest BCUT2D eigenvalue weighted by molar-refractivity contribution is -0.119. The number of H-pyrrole nitrogens is 1. The van der Waals surface area contributed by atoms with Crippen LogP contribution in [0, 0.1) is 0 Å². The highest BCUT2D eigenvalue weighted by molar-refractivity contribution is 7.13. The minimum atomic E-state index is -0.748. The molecule has 0 spiro atoms. The number of nitrogens with zero attached hydrogens (tertiary/aromatic N) is 4. The number of aromatic amines is 1. The molecule has 1 atom stereocenters. The molecule has 11 nitrogen and oxygen atoms in total. The van der Waals surface area contributed by atoms with Gasteiger partial charge in [-0.25, -0.2) is 9.97 Å². The van der Waals surface area contributed by atoms with Gasteiger partial charge in [-0.3, -0.25) is 19.5 Å². The highest BCUT2D eigenvalue weighted by Gasteiger charge is 2.25. The van der Waals surface area contributed by atoms with Crippen LogP contribution in [0.4, 0.5) is 11.6 Å². The van der Waals surface area contributed by atoms with Crippen LogP contribution in [0.3, 0.4) is 0 Å². The molecule has 4 N–H and O–H groups in total. The van der Waals surface area contributed by atoms with Gasteiger partial charge in [0.2, 0.25) is 5.91 Å². The first-order valence-corrected chi connectivity index (χ1v) is 9.56. The summed E-state index contributed by atoms with van der Waals surface area (Å²) < 4.78 is 1.44. The van der Waals surface area contributed by atoms with Crippen LogP contribution in [0.15, 0.2) is 24.1 Å². The van der Waals surface area contributed by atoms with Crippen molar-refractivity contribution in [1.29, 1.82) is 0 Å². The molecule has 0 saturated heterocycles. The van der Waals surface area contributed by atoms with Crippen LogP contribution in [0.5, 0.6) is 0 Å². The first-order valence-electron chi connectivity index (χ1n) is 8.68. The van der Waals surface area contributed by atoms with Crippen LogP contribution in [0.2, 0.25) is 0 Å². The Balaban J connectivity index is 1.76. The zero-order chi connectivity index (χ0) is 21.0. The first kappa shape index (κ1) is 20.2. The van der Waals surface area contributed by atoms with Crippen molar-refractivity contribution in [3.63, 3.8) is 0 Å². The minimum Gasteiger partial charge on any atom is -0.371 e. The van der Waals surface area contributed by atoms with Crippen molar-refractivity contribution >= 4 is 40.6 Å². The Morgan fingerprint density at radius 3 is 2.79 bits per heavy atom. The lowest BCUT2D eigenvalue weighted by Crippen LogP contribution is -2.33. The quantitative estimate of drug-likeness (QED) is 0.433. The molecule has 0 aliphatic rings. The van der Waals surface area contributed by atoms with E-state index in [0.29, 0.717) is 16.6 Å². The maximum absolute atomic E-state index is 12.7. The summed E-state index contributed by atoms with van der Waals surface area (Å²) >= 11 is 1.37. The van der Waals surface area contributed by atoms with E-state index in [-0.39, 0.29) is 23.9 Å². The summed E-state index contributed by atoms with van der Waals surface area (Å²) in [5, 5.41) is 17.1. The highest BCUT2D eigenvalue weighted by Crippen LogP contribution is 2.26. The third kappa shape index (κ3) is 4.48. The van der Waals surface area contributed by atoms with Gasteiger partial charge in [-0.1, -0.05) is 0 Å². The van der Waals surface area contributed by atoms with Crippen molar-refractivity contribution in [3.05, 3.63) is 29.8 Å². The van der Waals surface area contributed by atoms with E-state index in [2.05, 4.69) is 36.1 Å². The fraction of sp³-hybridized carbons (Fsp3) is 0.294. The Kier molecular flexibility index (Phi) is 6.02. The monoisotopic (exact) mass is 416 g/mol. The summed E-state index contributed by atoms with van der Waals surface area (Å²) in [4.78, 5) is 44.9. The van der Waals surface area contributed by atoms with Crippen LogP contribution >= 0.6 is 11.3 Å². The van der Waals surface area contributed by atoms with Gasteiger partial charge in [-0.15, -0.1) is 11.3 Å². The standard InChI is InChI=1S/C17H20N8O3S/c1-9(26)4-19-16(28)13-14(18-3)20-8-25(13)10(2)15(27)23-12-7-29-17(24-12)11-5-21-22-6-11/h5-8,10,18H,4H2,1-3H3,(H,19,28)(H,21,22)(H,23,27)/t10-/m0/s1. The number of Topliss-reactive ketones (excluding diaryl/α,β-unsaturated/α-hetero) is 1. The first-order chi connectivity index (χ1) is 13.9. The van der Waals surface area contributed by atoms with Gasteiger partial charge in [0.1, 0.15) is 22.7 Å². The largest absolute Gasteiger partial charge is 0.371 e. The van der Waals surface area contributed by atoms with Gasteiger partial charge in [0, 0.05) is 24.2 Å². The maximum atomic E-state index is 12.7. The predicted molar refractivity (Wildman–Crippen MR) is 108 cm³/mol. The molecule has 0 radical (unpaired) electrons. The summed E-state index contributed by atoms with van der Waals surface area (Å²) in [5.74, 6) is -0.341. The van der Waals surface area contributed by atoms with Crippen LogP contribution in [0.25, 0.3) is 10.6 Å². The van der Waals surface area contributed by atoms with Crippen molar-refractivity contribution in [3.8, 4) is 10.6 Å². The second-order valence-electron chi connectivity index (χ2n) is 6.17. The SMILES string of the molecule is CNc1ncn([C@@H](C)C(=O)Nc2csc(-c3cn[nH]c3)n2)c1C(=O)NCC(C)=O. The molecule has 0 aromatic carbocycles. The fourth-order valence-electron chi connectivity index (χ4n) is 2.54. The van der Waals surface area contributed by atoms with Crippen molar-refractivity contribution in [2.24, 2.45) is 0 Å². The Labute approximate surface area is 169 Å². The molecular weight excluding hydrogens is 396 g/mol. The Hall–Kier alpha value is -3.54. The van der Waals surface area contributed by atoms with Crippen molar-refractivity contribution in [1.82, 2.24) is 30.0 Å². The number of ketones is 1. The Bertz CT molecular complexity index is 1020. The summed E-state index contributed by atoms with van der Waals surface area (Å²) in [7, 11) is 1.62. The van der Waals surface area contributed by atoms with Gasteiger partial charge in [-0.2, -0.15) is 5.10 Å². The van der Waals surface area contributed by atoms with Crippen LogP contribution in [-0.4, -0.2) is 55.9 Å². The van der Waals surface area contributed by atoms with E-state index < -0.39 is 11.9 Å². The van der Waals surface area contributed by atoms with Crippen molar-refractivity contribution < 1.29 is 14.4 Å². The molecule has 12 heteroatoms. The molecule has 3 aromatic rings. The average molecular weight is 416 g/mol. The van der Waals surface area contributed by atoms with Gasteiger partial charge in [0.25, 0.3) is 5.91 Å². The van der Waals surface area contributed by atoms with Crippen molar-refractivity contribution in [2.45, 2.75) is 19.9 Å². The number of anilines is 2. The lowest BCUT2D eigenvalue weighted by atomic mass is 10.2. The van der Waals surface area contributed by atoms with E-state index in [1.54, 1.807) is 31.7 Å². The normalized spacial score (nSPS) is 11.7. The van der Waals surface area contributed by atoms with Gasteiger partial charge in [0.05, 0.1) is 19.1 Å². The zero-order valence-electron chi connectivity index (χ0n) is 16.0. The number of amides is 2. The van der Waals surface area contributed by atoms with E-state index in [4.69, 9.17) is 0 Å². The molecule has 0 bridgehead atoms. The molecule has 152 valence electrons. The van der Waals surface area contributed by atoms with Crippen LogP contribution in [-0.2, 0) is 9.59 Å². The van der Waals surface area contributed by atoms with Gasteiger partial charge >= 0.3 is 0 Å². The molecular formula is C17H20N8O3S. The zero-order valence-corrected chi connectivity index (χ0v) is 16.8. The second kappa shape index (κ2) is 8.65. The summed E-state index contributed by atoms with van der Waals surface area (Å²) in [6.07, 6.45) is 4.75. The molecule has 0 unspecified atom stereocenters. The maximum Gasteiger partial charge on any atom is 0.272 e. The highest BCUT2D eigenvalue weighted by atomic mass is 32.1. The summed E-state index contributed by atoms with van der Waals surface area (Å²) in [6.45, 7) is 2.91. The smallest absolute Gasteiger partial charge is 0.272 e. The molecule has 3 rings (SSSR count). The van der Waals surface area contributed by atoms with E-state index in [1.165, 1.54) is 29.2 Å². The molecule has 0 fully saturated rings. The van der Waals surface area contributed by atoms with Gasteiger partial charge in [-0.05, 0) is 13.8 Å². The number of thiazole rings is 1. The molecule has 3 heterocycles. The number of nitrogens with one attached hydrogen (secondary N) is 4. The number of hydrogen-bond donors (Lipinski definition) is 4. The third-order valence-electron chi connectivity index (χ3n) is 4.04. The number of carbonyl (C=O) groups excluding carboxylic acids is 3. The number of imidazole rings is 1. The third-order valence-corrected chi connectivity index (χ3v) is 4.93. The van der Waals surface area contributed by atoms with E-state index in [9.17, 15) is 14.4 Å². The minimum absolute atomic E-state index is 0.108. The molecule has 0 aliphatic heterocycles. The van der Waals surface area contributed by atoms with E-state index in [0.717, 1.165) is 5.56 Å². The van der Waals surface area contributed by atoms with Crippen LogP contribution < -0.4 is 16.0 Å². The Morgan fingerprint density at radius 2 is 2.14 bits per heavy atom. The van der Waals surface area contributed by atoms with Crippen LogP contribution in [0.1, 0.15) is 30.4 Å². The molecule has 0 aliphatic carbocycles. The number of aromatic nitrogens is 5. The molecule has 29 heavy (non-hydrogen) atoms. The number of hydrogen-bond acceptors (Lipinski definition) is 8. The Morgan fingerprint density at radius 1 is 1.34 bits per heavy atom. The van der Waals surface area contributed by atoms with E-state index in [1.807, 2.05) is 0 Å². The fourth-order valence-corrected chi connectivity index (χ4v) is 3.27. The molecule has 0 saturated carbocycles. The average Bonchev–Trinajstić information content (AvgIpc) is 3.44. The lowest BCUT2D eigenvalue weighted by Gasteiger charge is -2.16. The molecule has 3 aromatic heterocycles. The summed E-state index contributed by atoms with van der Waals surface area (Å²) in [6, 6.07) is -0.748.